The van der Waals surface area contributed by atoms with Crippen molar-refractivity contribution < 1.29 is 10.2 Å². The molecule has 0 bridgehead atoms. The van der Waals surface area contributed by atoms with Crippen molar-refractivity contribution >= 4 is 5.57 Å². The van der Waals surface area contributed by atoms with Crippen molar-refractivity contribution in [1.29, 1.82) is 0 Å². The van der Waals surface area contributed by atoms with E-state index in [-0.39, 0.29) is 6.61 Å². The van der Waals surface area contributed by atoms with Gasteiger partial charge >= 0.3 is 0 Å². The molecule has 0 radical (unpaired) electrons. The van der Waals surface area contributed by atoms with Gasteiger partial charge in [-0.15, -0.1) is 0 Å². The third-order valence-corrected chi connectivity index (χ3v) is 3.12. The smallest absolute Gasteiger partial charge is 0.0897 e. The van der Waals surface area contributed by atoms with Crippen LogP contribution in [0.4, 0.5) is 0 Å². The predicted molar refractivity (Wildman–Crippen MR) is 68.6 cm³/mol. The lowest BCUT2D eigenvalue weighted by Gasteiger charge is -2.27. The Kier molecular flexibility index (Phi) is 4.31. The zero-order valence-corrected chi connectivity index (χ0v) is 9.92. The minimum absolute atomic E-state index is 0.161. The summed E-state index contributed by atoms with van der Waals surface area (Å²) in [6.07, 6.45) is 2.59. The van der Waals surface area contributed by atoms with Crippen LogP contribution in [0.5, 0.6) is 0 Å². The Hall–Kier alpha value is -1.16. The van der Waals surface area contributed by atoms with Crippen LogP contribution in [-0.2, 0) is 0 Å². The molecule has 1 heterocycles. The van der Waals surface area contributed by atoms with Gasteiger partial charge in [0.1, 0.15) is 0 Å². The molecule has 1 aromatic rings. The predicted octanol–water partition coefficient (Wildman–Crippen LogP) is 1.13. The maximum Gasteiger partial charge on any atom is 0.0897 e. The van der Waals surface area contributed by atoms with E-state index in [9.17, 15) is 5.11 Å². The Balaban J connectivity index is 1.94. The zero-order chi connectivity index (χ0) is 12.1. The topological polar surface area (TPSA) is 43.7 Å². The Labute approximate surface area is 102 Å². The van der Waals surface area contributed by atoms with Gasteiger partial charge in [-0.25, -0.2) is 0 Å². The summed E-state index contributed by atoms with van der Waals surface area (Å²) in [6, 6.07) is 10.4. The summed E-state index contributed by atoms with van der Waals surface area (Å²) in [7, 11) is 0. The summed E-state index contributed by atoms with van der Waals surface area (Å²) < 4.78 is 0. The Morgan fingerprint density at radius 3 is 2.59 bits per heavy atom. The monoisotopic (exact) mass is 233 g/mol. The molecule has 92 valence electrons. The van der Waals surface area contributed by atoms with Crippen molar-refractivity contribution in [3.05, 3.63) is 42.0 Å². The maximum atomic E-state index is 9.38. The van der Waals surface area contributed by atoms with E-state index < -0.39 is 6.10 Å². The molecule has 1 aliphatic heterocycles. The molecule has 2 rings (SSSR count). The molecule has 1 aromatic carbocycles. The Bertz CT molecular complexity index is 375. The fourth-order valence-electron chi connectivity index (χ4n) is 2.15. The van der Waals surface area contributed by atoms with Gasteiger partial charge in [-0.05, 0) is 17.6 Å². The fraction of sp³-hybridized carbons (Fsp3) is 0.429. The van der Waals surface area contributed by atoms with Crippen molar-refractivity contribution in [3.8, 4) is 0 Å². The first kappa shape index (κ1) is 12.3. The number of nitrogens with zero attached hydrogens (tertiary/aromatic N) is 1. The first-order valence-corrected chi connectivity index (χ1v) is 6.05. The van der Waals surface area contributed by atoms with Gasteiger partial charge in [0.2, 0.25) is 0 Å². The van der Waals surface area contributed by atoms with E-state index in [1.807, 2.05) is 6.07 Å². The number of hydrogen-bond acceptors (Lipinski definition) is 3. The summed E-state index contributed by atoms with van der Waals surface area (Å²) in [4.78, 5) is 2.16. The molecule has 1 aliphatic rings. The first-order valence-electron chi connectivity index (χ1n) is 6.05. The molecule has 1 atom stereocenters. The Morgan fingerprint density at radius 2 is 2.00 bits per heavy atom. The second-order valence-electron chi connectivity index (χ2n) is 4.44. The molecule has 0 saturated heterocycles. The number of hydrogen-bond donors (Lipinski definition) is 2. The second-order valence-corrected chi connectivity index (χ2v) is 4.44. The van der Waals surface area contributed by atoms with E-state index in [4.69, 9.17) is 5.11 Å². The molecular formula is C14H19NO2. The molecule has 0 aliphatic carbocycles. The molecule has 3 heteroatoms. The first-order chi connectivity index (χ1) is 8.29. The van der Waals surface area contributed by atoms with Crippen LogP contribution in [0, 0.1) is 0 Å². The highest BCUT2D eigenvalue weighted by molar-refractivity contribution is 5.66. The van der Waals surface area contributed by atoms with Crippen LogP contribution < -0.4 is 0 Å². The van der Waals surface area contributed by atoms with Crippen LogP contribution >= 0.6 is 0 Å². The van der Waals surface area contributed by atoms with E-state index in [1.54, 1.807) is 0 Å². The van der Waals surface area contributed by atoms with Gasteiger partial charge in [-0.1, -0.05) is 36.4 Å². The van der Waals surface area contributed by atoms with E-state index in [0.29, 0.717) is 6.54 Å². The lowest BCUT2D eigenvalue weighted by molar-refractivity contribution is 0.0623. The van der Waals surface area contributed by atoms with Crippen molar-refractivity contribution in [2.75, 3.05) is 26.2 Å². The van der Waals surface area contributed by atoms with E-state index in [1.165, 1.54) is 11.1 Å². The van der Waals surface area contributed by atoms with Crippen molar-refractivity contribution in [2.45, 2.75) is 12.5 Å². The van der Waals surface area contributed by atoms with Crippen LogP contribution in [-0.4, -0.2) is 47.5 Å². The summed E-state index contributed by atoms with van der Waals surface area (Å²) >= 11 is 0. The summed E-state index contributed by atoms with van der Waals surface area (Å²) in [5.74, 6) is 0. The van der Waals surface area contributed by atoms with Gasteiger partial charge in [0.25, 0.3) is 0 Å². The zero-order valence-electron chi connectivity index (χ0n) is 9.92. The largest absolute Gasteiger partial charge is 0.394 e. The van der Waals surface area contributed by atoms with E-state index >= 15 is 0 Å². The van der Waals surface area contributed by atoms with Gasteiger partial charge in [-0.3, -0.25) is 4.90 Å². The van der Waals surface area contributed by atoms with Crippen molar-refractivity contribution in [2.24, 2.45) is 0 Å². The highest BCUT2D eigenvalue weighted by Crippen LogP contribution is 2.21. The number of rotatable bonds is 4. The molecule has 0 saturated carbocycles. The van der Waals surface area contributed by atoms with Gasteiger partial charge in [-0.2, -0.15) is 0 Å². The van der Waals surface area contributed by atoms with Crippen LogP contribution in [0.15, 0.2) is 36.4 Å². The second kappa shape index (κ2) is 5.96. The number of aliphatic hydroxyl groups is 2. The highest BCUT2D eigenvalue weighted by Gasteiger charge is 2.15. The molecular weight excluding hydrogens is 214 g/mol. The number of aliphatic hydroxyl groups excluding tert-OH is 2. The highest BCUT2D eigenvalue weighted by atomic mass is 16.3. The number of β-amino-alcohol motifs (C(OH)–C–C–N with tert-alkyl or cyclic N) is 1. The van der Waals surface area contributed by atoms with Gasteiger partial charge < -0.3 is 10.2 Å². The van der Waals surface area contributed by atoms with Crippen LogP contribution in [0.2, 0.25) is 0 Å². The molecule has 17 heavy (non-hydrogen) atoms. The SMILES string of the molecule is OCC(O)CN1CC=C(c2ccccc2)CC1. The molecule has 1 unspecified atom stereocenters. The summed E-state index contributed by atoms with van der Waals surface area (Å²) in [5.41, 5.74) is 2.66. The van der Waals surface area contributed by atoms with Crippen molar-refractivity contribution in [1.82, 2.24) is 4.90 Å². The Morgan fingerprint density at radius 1 is 1.24 bits per heavy atom. The van der Waals surface area contributed by atoms with Gasteiger partial charge in [0.15, 0.2) is 0 Å². The van der Waals surface area contributed by atoms with Crippen molar-refractivity contribution in [3.63, 3.8) is 0 Å². The lowest BCUT2D eigenvalue weighted by atomic mass is 9.99. The third-order valence-electron chi connectivity index (χ3n) is 3.12. The maximum absolute atomic E-state index is 9.38. The van der Waals surface area contributed by atoms with E-state index in [2.05, 4.69) is 35.2 Å². The molecule has 0 fully saturated rings. The lowest BCUT2D eigenvalue weighted by Crippen LogP contribution is -2.36. The number of benzene rings is 1. The average molecular weight is 233 g/mol. The minimum atomic E-state index is -0.623. The van der Waals surface area contributed by atoms with Crippen LogP contribution in [0.1, 0.15) is 12.0 Å². The fourth-order valence-corrected chi connectivity index (χ4v) is 2.15. The normalized spacial score (nSPS) is 18.8. The molecule has 2 N–H and O–H groups in total. The molecule has 0 aromatic heterocycles. The van der Waals surface area contributed by atoms with Crippen LogP contribution in [0.25, 0.3) is 5.57 Å². The summed E-state index contributed by atoms with van der Waals surface area (Å²) in [6.45, 7) is 2.18. The summed E-state index contributed by atoms with van der Waals surface area (Å²) in [5, 5.41) is 18.2. The quantitative estimate of drug-likeness (QED) is 0.819. The van der Waals surface area contributed by atoms with E-state index in [0.717, 1.165) is 19.5 Å². The van der Waals surface area contributed by atoms with Gasteiger partial charge in [0.05, 0.1) is 12.7 Å². The van der Waals surface area contributed by atoms with Crippen LogP contribution in [0.3, 0.4) is 0 Å². The standard InChI is InChI=1S/C14H19NO2/c16-11-14(17)10-15-8-6-13(7-9-15)12-4-2-1-3-5-12/h1-6,14,16-17H,7-11H2. The molecule has 0 amide bonds. The third kappa shape index (κ3) is 3.40. The minimum Gasteiger partial charge on any atom is -0.394 e. The molecule has 3 nitrogen and oxygen atoms in total. The molecule has 0 spiro atoms. The van der Waals surface area contributed by atoms with Gasteiger partial charge in [0, 0.05) is 19.6 Å². The average Bonchev–Trinajstić information content (AvgIpc) is 2.40.